The summed E-state index contributed by atoms with van der Waals surface area (Å²) in [6.07, 6.45) is 7.26. The summed E-state index contributed by atoms with van der Waals surface area (Å²) in [7, 11) is 3.23. The molecule has 0 atom stereocenters. The van der Waals surface area contributed by atoms with Crippen LogP contribution < -0.4 is 18.9 Å². The molecular formula is C35H32O6. The van der Waals surface area contributed by atoms with Crippen molar-refractivity contribution in [1.82, 2.24) is 0 Å². The molecule has 6 nitrogen and oxygen atoms in total. The number of methoxy groups -OCH3 is 2. The minimum atomic E-state index is -0.108. The standard InChI is InChI=1S/C35H32O6/c1-38-30-16-10-26(11-17-30)14-20-34(36)28-6-3-8-32(24-28)40-22-5-23-41-33-9-4-7-29(25-33)35(37)21-15-27-12-18-31(39-2)19-13-27/h3-4,6-21,24-25H,5,22-23H2,1-2H3/b20-14+,21-15+. The Morgan fingerprint density at radius 1 is 0.561 bits per heavy atom. The maximum absolute atomic E-state index is 12.6. The molecule has 0 fully saturated rings. The van der Waals surface area contributed by atoms with Crippen LogP contribution >= 0.6 is 0 Å². The van der Waals surface area contributed by atoms with Crippen LogP contribution in [-0.4, -0.2) is 39.0 Å². The van der Waals surface area contributed by atoms with E-state index in [4.69, 9.17) is 18.9 Å². The van der Waals surface area contributed by atoms with Gasteiger partial charge in [-0.2, -0.15) is 0 Å². The van der Waals surface area contributed by atoms with Gasteiger partial charge in [-0.25, -0.2) is 0 Å². The lowest BCUT2D eigenvalue weighted by atomic mass is 10.1. The van der Waals surface area contributed by atoms with Crippen molar-refractivity contribution in [3.8, 4) is 23.0 Å². The van der Waals surface area contributed by atoms with E-state index < -0.39 is 0 Å². The van der Waals surface area contributed by atoms with Crippen molar-refractivity contribution < 1.29 is 28.5 Å². The molecule has 0 bridgehead atoms. The first-order valence-electron chi connectivity index (χ1n) is 13.2. The Morgan fingerprint density at radius 2 is 0.976 bits per heavy atom. The van der Waals surface area contributed by atoms with E-state index in [2.05, 4.69) is 0 Å². The third kappa shape index (κ3) is 8.97. The van der Waals surface area contributed by atoms with Gasteiger partial charge in [-0.05, 0) is 71.8 Å². The molecule has 6 heteroatoms. The fourth-order valence-corrected chi connectivity index (χ4v) is 3.88. The van der Waals surface area contributed by atoms with Gasteiger partial charge in [0.1, 0.15) is 23.0 Å². The van der Waals surface area contributed by atoms with Crippen molar-refractivity contribution in [1.29, 1.82) is 0 Å². The molecule has 4 rings (SSSR count). The molecule has 208 valence electrons. The fourth-order valence-electron chi connectivity index (χ4n) is 3.88. The molecular weight excluding hydrogens is 516 g/mol. The highest BCUT2D eigenvalue weighted by Gasteiger charge is 2.06. The lowest BCUT2D eigenvalue weighted by molar-refractivity contribution is 0.103. The van der Waals surface area contributed by atoms with Gasteiger partial charge in [-0.1, -0.05) is 60.7 Å². The van der Waals surface area contributed by atoms with Crippen molar-refractivity contribution in [2.75, 3.05) is 27.4 Å². The Balaban J connectivity index is 1.22. The Morgan fingerprint density at radius 3 is 1.37 bits per heavy atom. The average molecular weight is 549 g/mol. The van der Waals surface area contributed by atoms with Crippen molar-refractivity contribution in [2.45, 2.75) is 6.42 Å². The van der Waals surface area contributed by atoms with Gasteiger partial charge < -0.3 is 18.9 Å². The Hall–Kier alpha value is -5.10. The normalized spacial score (nSPS) is 11.0. The zero-order valence-corrected chi connectivity index (χ0v) is 23.1. The number of hydrogen-bond donors (Lipinski definition) is 0. The van der Waals surface area contributed by atoms with Gasteiger partial charge in [-0.3, -0.25) is 9.59 Å². The van der Waals surface area contributed by atoms with Gasteiger partial charge in [0.15, 0.2) is 11.6 Å². The average Bonchev–Trinajstić information content (AvgIpc) is 3.03. The molecule has 0 amide bonds. The molecule has 0 unspecified atom stereocenters. The van der Waals surface area contributed by atoms with Crippen LogP contribution in [0.25, 0.3) is 12.2 Å². The van der Waals surface area contributed by atoms with Crippen LogP contribution in [-0.2, 0) is 0 Å². The number of allylic oxidation sites excluding steroid dienone is 2. The molecule has 0 saturated carbocycles. The highest BCUT2D eigenvalue weighted by Crippen LogP contribution is 2.18. The van der Waals surface area contributed by atoms with Gasteiger partial charge in [0, 0.05) is 17.5 Å². The molecule has 41 heavy (non-hydrogen) atoms. The first-order valence-corrected chi connectivity index (χ1v) is 13.2. The fraction of sp³-hybridized carbons (Fsp3) is 0.143. The monoisotopic (exact) mass is 548 g/mol. The van der Waals surface area contributed by atoms with E-state index in [-0.39, 0.29) is 11.6 Å². The van der Waals surface area contributed by atoms with E-state index >= 15 is 0 Å². The third-order valence-corrected chi connectivity index (χ3v) is 6.15. The van der Waals surface area contributed by atoms with E-state index in [0.717, 1.165) is 22.6 Å². The summed E-state index contributed by atoms with van der Waals surface area (Å²) >= 11 is 0. The van der Waals surface area contributed by atoms with Crippen LogP contribution in [0.2, 0.25) is 0 Å². The largest absolute Gasteiger partial charge is 0.497 e. The molecule has 0 heterocycles. The zero-order chi connectivity index (χ0) is 28.9. The van der Waals surface area contributed by atoms with Gasteiger partial charge in [0.2, 0.25) is 0 Å². The molecule has 0 aliphatic carbocycles. The lowest BCUT2D eigenvalue weighted by Gasteiger charge is -2.09. The molecule has 0 radical (unpaired) electrons. The number of carbonyl (C=O) groups excluding carboxylic acids is 2. The van der Waals surface area contributed by atoms with Crippen LogP contribution in [0.3, 0.4) is 0 Å². The third-order valence-electron chi connectivity index (χ3n) is 6.15. The van der Waals surface area contributed by atoms with E-state index in [9.17, 15) is 9.59 Å². The molecule has 0 saturated heterocycles. The molecule has 0 aliphatic rings. The predicted octanol–water partition coefficient (Wildman–Crippen LogP) is 7.34. The SMILES string of the molecule is COc1ccc(/C=C/C(=O)c2cccc(OCCCOc3cccc(C(=O)/C=C/c4ccc(OC)cc4)c3)c2)cc1. The minimum absolute atomic E-state index is 0.108. The first kappa shape index (κ1) is 28.9. The van der Waals surface area contributed by atoms with E-state index in [1.807, 2.05) is 60.7 Å². The van der Waals surface area contributed by atoms with Crippen LogP contribution in [0.1, 0.15) is 38.3 Å². The van der Waals surface area contributed by atoms with Gasteiger partial charge in [-0.15, -0.1) is 0 Å². The van der Waals surface area contributed by atoms with Crippen LogP contribution in [0.4, 0.5) is 0 Å². The van der Waals surface area contributed by atoms with E-state index in [0.29, 0.717) is 42.3 Å². The summed E-state index contributed by atoms with van der Waals surface area (Å²) in [4.78, 5) is 25.2. The number of hydrogen-bond acceptors (Lipinski definition) is 6. The van der Waals surface area contributed by atoms with Crippen molar-refractivity contribution in [2.24, 2.45) is 0 Å². The Kier molecular flexibility index (Phi) is 10.5. The number of benzene rings is 4. The van der Waals surface area contributed by atoms with Gasteiger partial charge in [0.05, 0.1) is 27.4 Å². The number of rotatable bonds is 14. The highest BCUT2D eigenvalue weighted by molar-refractivity contribution is 6.07. The zero-order valence-electron chi connectivity index (χ0n) is 23.1. The molecule has 0 aromatic heterocycles. The molecule has 0 N–H and O–H groups in total. The van der Waals surface area contributed by atoms with E-state index in [1.165, 1.54) is 0 Å². The predicted molar refractivity (Wildman–Crippen MR) is 161 cm³/mol. The summed E-state index contributed by atoms with van der Waals surface area (Å²) in [5, 5.41) is 0. The summed E-state index contributed by atoms with van der Waals surface area (Å²) in [6, 6.07) is 29.2. The Bertz CT molecular complexity index is 1390. The first-order chi connectivity index (χ1) is 20.0. The number of ketones is 2. The maximum atomic E-state index is 12.6. The van der Waals surface area contributed by atoms with E-state index in [1.54, 1.807) is 74.9 Å². The summed E-state index contributed by atoms with van der Waals surface area (Å²) in [5.41, 5.74) is 2.91. The second-order valence-corrected chi connectivity index (χ2v) is 9.05. The summed E-state index contributed by atoms with van der Waals surface area (Å²) < 4.78 is 22.0. The smallest absolute Gasteiger partial charge is 0.185 e. The van der Waals surface area contributed by atoms with Gasteiger partial charge >= 0.3 is 0 Å². The highest BCUT2D eigenvalue weighted by atomic mass is 16.5. The molecule has 4 aromatic rings. The second kappa shape index (κ2) is 14.9. The topological polar surface area (TPSA) is 71.1 Å². The van der Waals surface area contributed by atoms with Crippen LogP contribution in [0, 0.1) is 0 Å². The summed E-state index contributed by atoms with van der Waals surface area (Å²) in [5.74, 6) is 2.54. The number of ether oxygens (including phenoxy) is 4. The summed E-state index contributed by atoms with van der Waals surface area (Å²) in [6.45, 7) is 0.838. The lowest BCUT2D eigenvalue weighted by Crippen LogP contribution is -2.06. The second-order valence-electron chi connectivity index (χ2n) is 9.05. The van der Waals surface area contributed by atoms with Crippen LogP contribution in [0.5, 0.6) is 23.0 Å². The maximum Gasteiger partial charge on any atom is 0.185 e. The molecule has 0 spiro atoms. The van der Waals surface area contributed by atoms with Crippen molar-refractivity contribution in [3.05, 3.63) is 131 Å². The van der Waals surface area contributed by atoms with Crippen molar-refractivity contribution >= 4 is 23.7 Å². The van der Waals surface area contributed by atoms with Crippen LogP contribution in [0.15, 0.2) is 109 Å². The quantitative estimate of drug-likeness (QED) is 0.0933. The molecule has 4 aromatic carbocycles. The number of carbonyl (C=O) groups is 2. The Labute approximate surface area is 240 Å². The van der Waals surface area contributed by atoms with Gasteiger partial charge in [0.25, 0.3) is 0 Å². The minimum Gasteiger partial charge on any atom is -0.497 e. The van der Waals surface area contributed by atoms with Crippen molar-refractivity contribution in [3.63, 3.8) is 0 Å². The molecule has 0 aliphatic heterocycles.